The number of thioether (sulfide) groups is 1. The number of carboxylic acids is 1. The molecule has 0 aliphatic rings. The second kappa shape index (κ2) is 6.12. The van der Waals surface area contributed by atoms with Crippen LogP contribution in [0.25, 0.3) is 6.08 Å². The van der Waals surface area contributed by atoms with Gasteiger partial charge in [-0.25, -0.2) is 4.79 Å². The summed E-state index contributed by atoms with van der Waals surface area (Å²) in [5.41, 5.74) is 1.09. The Labute approximate surface area is 98.2 Å². The molecule has 16 heavy (non-hydrogen) atoms. The number of rotatable bonds is 4. The third-order valence-corrected chi connectivity index (χ3v) is 2.59. The van der Waals surface area contributed by atoms with Crippen molar-refractivity contribution in [2.45, 2.75) is 6.92 Å². The van der Waals surface area contributed by atoms with E-state index in [9.17, 15) is 9.59 Å². The van der Waals surface area contributed by atoms with Gasteiger partial charge in [0.05, 0.1) is 5.56 Å². The summed E-state index contributed by atoms with van der Waals surface area (Å²) in [4.78, 5) is 21.3. The topological polar surface area (TPSA) is 54.4 Å². The first-order chi connectivity index (χ1) is 7.59. The summed E-state index contributed by atoms with van der Waals surface area (Å²) < 4.78 is 0. The fourth-order valence-corrected chi connectivity index (χ4v) is 1.55. The van der Waals surface area contributed by atoms with Gasteiger partial charge in [-0.1, -0.05) is 36.0 Å². The Morgan fingerprint density at radius 2 is 2.19 bits per heavy atom. The second-order valence-corrected chi connectivity index (χ2v) is 4.33. The maximum absolute atomic E-state index is 10.7. The third kappa shape index (κ3) is 4.31. The smallest absolute Gasteiger partial charge is 0.335 e. The van der Waals surface area contributed by atoms with Crippen LogP contribution in [0.1, 0.15) is 22.8 Å². The molecular formula is C12H12O3S. The van der Waals surface area contributed by atoms with Crippen molar-refractivity contribution in [3.8, 4) is 0 Å². The lowest BCUT2D eigenvalue weighted by Crippen LogP contribution is -1.95. The fraction of sp³-hybridized carbons (Fsp3) is 0.167. The van der Waals surface area contributed by atoms with Crippen molar-refractivity contribution in [3.05, 3.63) is 41.5 Å². The Morgan fingerprint density at radius 1 is 1.44 bits per heavy atom. The van der Waals surface area contributed by atoms with Crippen molar-refractivity contribution in [1.82, 2.24) is 0 Å². The van der Waals surface area contributed by atoms with Gasteiger partial charge in [0, 0.05) is 12.7 Å². The quantitative estimate of drug-likeness (QED) is 0.873. The van der Waals surface area contributed by atoms with E-state index in [-0.39, 0.29) is 10.7 Å². The van der Waals surface area contributed by atoms with Gasteiger partial charge in [0.15, 0.2) is 5.12 Å². The van der Waals surface area contributed by atoms with Gasteiger partial charge in [0.1, 0.15) is 0 Å². The molecule has 1 rings (SSSR count). The van der Waals surface area contributed by atoms with Crippen LogP contribution in [0.3, 0.4) is 0 Å². The number of benzene rings is 1. The van der Waals surface area contributed by atoms with Crippen molar-refractivity contribution >= 4 is 28.9 Å². The molecule has 0 aliphatic carbocycles. The van der Waals surface area contributed by atoms with E-state index < -0.39 is 5.97 Å². The molecule has 0 saturated heterocycles. The zero-order valence-corrected chi connectivity index (χ0v) is 9.66. The highest BCUT2D eigenvalue weighted by Gasteiger charge is 2.00. The highest BCUT2D eigenvalue weighted by Crippen LogP contribution is 2.08. The third-order valence-electron chi connectivity index (χ3n) is 1.83. The molecule has 0 bridgehead atoms. The molecule has 0 heterocycles. The number of carboxylic acid groups (broad SMARTS) is 1. The van der Waals surface area contributed by atoms with Crippen LogP contribution >= 0.6 is 11.8 Å². The minimum atomic E-state index is -0.937. The summed E-state index contributed by atoms with van der Waals surface area (Å²) >= 11 is 1.22. The molecule has 0 aliphatic heterocycles. The highest BCUT2D eigenvalue weighted by molar-refractivity contribution is 8.13. The zero-order valence-electron chi connectivity index (χ0n) is 8.84. The summed E-state index contributed by atoms with van der Waals surface area (Å²) in [6, 6.07) is 6.66. The Balaban J connectivity index is 2.63. The number of carbonyl (C=O) groups is 2. The van der Waals surface area contributed by atoms with Crippen molar-refractivity contribution in [1.29, 1.82) is 0 Å². The Kier molecular flexibility index (Phi) is 4.79. The highest BCUT2D eigenvalue weighted by atomic mass is 32.2. The Morgan fingerprint density at radius 3 is 2.81 bits per heavy atom. The molecular weight excluding hydrogens is 224 g/mol. The van der Waals surface area contributed by atoms with E-state index in [0.29, 0.717) is 5.75 Å². The summed E-state index contributed by atoms with van der Waals surface area (Å²) in [7, 11) is 0. The summed E-state index contributed by atoms with van der Waals surface area (Å²) in [6.45, 7) is 1.52. The van der Waals surface area contributed by atoms with Gasteiger partial charge in [-0.3, -0.25) is 4.79 Å². The van der Waals surface area contributed by atoms with Crippen LogP contribution in [0.15, 0.2) is 30.3 Å². The number of aromatic carboxylic acids is 1. The number of carbonyl (C=O) groups excluding carboxylic acids is 1. The van der Waals surface area contributed by atoms with Crippen LogP contribution < -0.4 is 0 Å². The molecule has 1 N–H and O–H groups in total. The van der Waals surface area contributed by atoms with E-state index in [0.717, 1.165) is 5.56 Å². The second-order valence-electron chi connectivity index (χ2n) is 3.14. The molecule has 0 aromatic heterocycles. The SMILES string of the molecule is CC(=O)SCC=Cc1cccc(C(=O)O)c1. The van der Waals surface area contributed by atoms with Gasteiger partial charge in [0.25, 0.3) is 0 Å². The van der Waals surface area contributed by atoms with Crippen LogP contribution in [0, 0.1) is 0 Å². The van der Waals surface area contributed by atoms with Gasteiger partial charge in [-0.05, 0) is 17.7 Å². The standard InChI is InChI=1S/C12H12O3S/c1-9(13)16-7-3-5-10-4-2-6-11(8-10)12(14)15/h2-6,8H,7H2,1H3,(H,14,15). The average Bonchev–Trinajstić information content (AvgIpc) is 2.24. The molecule has 84 valence electrons. The minimum absolute atomic E-state index is 0.0731. The monoisotopic (exact) mass is 236 g/mol. The average molecular weight is 236 g/mol. The van der Waals surface area contributed by atoms with Crippen LogP contribution in [0.2, 0.25) is 0 Å². The van der Waals surface area contributed by atoms with Gasteiger partial charge in [-0.2, -0.15) is 0 Å². The predicted octanol–water partition coefficient (Wildman–Crippen LogP) is 2.68. The van der Waals surface area contributed by atoms with Crippen molar-refractivity contribution in [3.63, 3.8) is 0 Å². The Bertz CT molecular complexity index is 424. The normalized spacial score (nSPS) is 10.6. The van der Waals surface area contributed by atoms with Gasteiger partial charge >= 0.3 is 5.97 Å². The van der Waals surface area contributed by atoms with E-state index in [1.807, 2.05) is 18.2 Å². The van der Waals surface area contributed by atoms with Crippen LogP contribution in [-0.4, -0.2) is 21.9 Å². The van der Waals surface area contributed by atoms with Crippen LogP contribution in [0.4, 0.5) is 0 Å². The van der Waals surface area contributed by atoms with Crippen LogP contribution in [0.5, 0.6) is 0 Å². The van der Waals surface area contributed by atoms with Crippen molar-refractivity contribution in [2.75, 3.05) is 5.75 Å². The molecule has 0 unspecified atom stereocenters. The largest absolute Gasteiger partial charge is 0.478 e. The van der Waals surface area contributed by atoms with Gasteiger partial charge in [-0.15, -0.1) is 0 Å². The van der Waals surface area contributed by atoms with E-state index >= 15 is 0 Å². The molecule has 0 atom stereocenters. The van der Waals surface area contributed by atoms with E-state index in [2.05, 4.69) is 0 Å². The lowest BCUT2D eigenvalue weighted by molar-refractivity contribution is -0.109. The number of hydrogen-bond donors (Lipinski definition) is 1. The summed E-state index contributed by atoms with van der Waals surface area (Å²) in [6.07, 6.45) is 3.65. The molecule has 0 fully saturated rings. The van der Waals surface area contributed by atoms with Crippen molar-refractivity contribution in [2.24, 2.45) is 0 Å². The van der Waals surface area contributed by atoms with E-state index in [1.54, 1.807) is 18.2 Å². The molecule has 1 aromatic rings. The minimum Gasteiger partial charge on any atom is -0.478 e. The molecule has 4 heteroatoms. The maximum atomic E-state index is 10.7. The molecule has 3 nitrogen and oxygen atoms in total. The molecule has 0 spiro atoms. The zero-order chi connectivity index (χ0) is 12.0. The first-order valence-corrected chi connectivity index (χ1v) is 5.71. The summed E-state index contributed by atoms with van der Waals surface area (Å²) in [5, 5.41) is 8.85. The van der Waals surface area contributed by atoms with E-state index in [4.69, 9.17) is 5.11 Å². The first kappa shape index (κ1) is 12.5. The van der Waals surface area contributed by atoms with Crippen molar-refractivity contribution < 1.29 is 14.7 Å². The van der Waals surface area contributed by atoms with E-state index in [1.165, 1.54) is 18.7 Å². The van der Waals surface area contributed by atoms with Gasteiger partial charge < -0.3 is 5.11 Å². The first-order valence-electron chi connectivity index (χ1n) is 4.73. The lowest BCUT2D eigenvalue weighted by Gasteiger charge is -1.96. The molecule has 0 saturated carbocycles. The predicted molar refractivity (Wildman–Crippen MR) is 65.6 cm³/mol. The lowest BCUT2D eigenvalue weighted by atomic mass is 10.1. The molecule has 0 radical (unpaired) electrons. The van der Waals surface area contributed by atoms with Gasteiger partial charge in [0.2, 0.25) is 0 Å². The molecule has 1 aromatic carbocycles. The number of hydrogen-bond acceptors (Lipinski definition) is 3. The maximum Gasteiger partial charge on any atom is 0.335 e. The Hall–Kier alpha value is -1.55. The van der Waals surface area contributed by atoms with Crippen LogP contribution in [-0.2, 0) is 4.79 Å². The summed E-state index contributed by atoms with van der Waals surface area (Å²) in [5.74, 6) is -0.333. The molecule has 0 amide bonds. The fourth-order valence-electron chi connectivity index (χ4n) is 1.13.